The summed E-state index contributed by atoms with van der Waals surface area (Å²) < 4.78 is 11.8. The topological polar surface area (TPSA) is 18.5 Å². The van der Waals surface area contributed by atoms with E-state index in [0.29, 0.717) is 11.8 Å². The molecule has 0 aromatic heterocycles. The van der Waals surface area contributed by atoms with Crippen LogP contribution in [0.15, 0.2) is 43.0 Å². The zero-order chi connectivity index (χ0) is 12.3. The van der Waals surface area contributed by atoms with Crippen molar-refractivity contribution in [1.82, 2.24) is 0 Å². The Balaban J connectivity index is 2.10. The van der Waals surface area contributed by atoms with Crippen LogP contribution in [0.4, 0.5) is 0 Å². The maximum Gasteiger partial charge on any atom is 0.184 e. The third-order valence-corrected chi connectivity index (χ3v) is 3.31. The van der Waals surface area contributed by atoms with E-state index in [2.05, 4.69) is 20.4 Å². The quantitative estimate of drug-likeness (QED) is 0.742. The van der Waals surface area contributed by atoms with E-state index in [0.717, 1.165) is 12.2 Å². The van der Waals surface area contributed by atoms with Crippen LogP contribution in [0, 0.1) is 11.8 Å². The van der Waals surface area contributed by atoms with Gasteiger partial charge in [-0.15, -0.1) is 6.58 Å². The Morgan fingerprint density at radius 2 is 2.06 bits per heavy atom. The first-order chi connectivity index (χ1) is 8.22. The third-order valence-electron chi connectivity index (χ3n) is 3.31. The van der Waals surface area contributed by atoms with Gasteiger partial charge in [-0.2, -0.15) is 0 Å². The molecule has 0 unspecified atom stereocenters. The molecule has 4 atom stereocenters. The second kappa shape index (κ2) is 5.48. The van der Waals surface area contributed by atoms with Gasteiger partial charge in [0.25, 0.3) is 0 Å². The van der Waals surface area contributed by atoms with Crippen LogP contribution in [0.3, 0.4) is 0 Å². The molecule has 2 nitrogen and oxygen atoms in total. The highest BCUT2D eigenvalue weighted by atomic mass is 16.7. The summed E-state index contributed by atoms with van der Waals surface area (Å²) in [4.78, 5) is 0. The second-order valence-corrected chi connectivity index (χ2v) is 4.75. The molecule has 1 aliphatic heterocycles. The Bertz CT molecular complexity index is 360. The van der Waals surface area contributed by atoms with Crippen LogP contribution >= 0.6 is 0 Å². The first-order valence-corrected chi connectivity index (χ1v) is 6.17. The molecule has 1 aliphatic rings. The summed E-state index contributed by atoms with van der Waals surface area (Å²) in [5.41, 5.74) is 1.08. The highest BCUT2D eigenvalue weighted by Gasteiger charge is 2.32. The van der Waals surface area contributed by atoms with E-state index in [1.54, 1.807) is 0 Å². The predicted octanol–water partition coefficient (Wildman–Crippen LogP) is 3.56. The zero-order valence-electron chi connectivity index (χ0n) is 10.5. The lowest BCUT2D eigenvalue weighted by Gasteiger charge is -2.37. The van der Waals surface area contributed by atoms with Crippen molar-refractivity contribution >= 4 is 0 Å². The highest BCUT2D eigenvalue weighted by Crippen LogP contribution is 2.32. The first kappa shape index (κ1) is 12.3. The Hall–Kier alpha value is -1.12. The molecular weight excluding hydrogens is 212 g/mol. The normalized spacial score (nSPS) is 30.8. The molecule has 1 heterocycles. The Labute approximate surface area is 103 Å². The average Bonchev–Trinajstić information content (AvgIpc) is 2.39. The Morgan fingerprint density at radius 3 is 2.71 bits per heavy atom. The summed E-state index contributed by atoms with van der Waals surface area (Å²) >= 11 is 0. The molecule has 0 spiro atoms. The van der Waals surface area contributed by atoms with Gasteiger partial charge in [-0.3, -0.25) is 0 Å². The van der Waals surface area contributed by atoms with E-state index < -0.39 is 0 Å². The molecule has 17 heavy (non-hydrogen) atoms. The van der Waals surface area contributed by atoms with Crippen molar-refractivity contribution in [2.45, 2.75) is 26.2 Å². The van der Waals surface area contributed by atoms with Crippen LogP contribution in [0.1, 0.15) is 25.7 Å². The van der Waals surface area contributed by atoms with Gasteiger partial charge in [0.05, 0.1) is 12.7 Å². The summed E-state index contributed by atoms with van der Waals surface area (Å²) in [5.74, 6) is 0.753. The molecule has 0 amide bonds. The molecule has 0 bridgehead atoms. The van der Waals surface area contributed by atoms with Crippen LogP contribution in [0.2, 0.25) is 0 Å². The van der Waals surface area contributed by atoms with E-state index in [1.165, 1.54) is 0 Å². The van der Waals surface area contributed by atoms with Crippen molar-refractivity contribution in [3.05, 3.63) is 48.6 Å². The highest BCUT2D eigenvalue weighted by molar-refractivity contribution is 5.16. The molecule has 0 N–H and O–H groups in total. The molecule has 92 valence electrons. The minimum Gasteiger partial charge on any atom is -0.348 e. The van der Waals surface area contributed by atoms with Crippen molar-refractivity contribution < 1.29 is 9.47 Å². The van der Waals surface area contributed by atoms with Crippen LogP contribution in [0.5, 0.6) is 0 Å². The molecule has 2 heteroatoms. The Kier molecular flexibility index (Phi) is 3.97. The molecule has 1 aromatic rings. The number of hydrogen-bond acceptors (Lipinski definition) is 2. The maximum absolute atomic E-state index is 6.04. The third kappa shape index (κ3) is 2.76. The zero-order valence-corrected chi connectivity index (χ0v) is 10.5. The van der Waals surface area contributed by atoms with Gasteiger partial charge >= 0.3 is 0 Å². The van der Waals surface area contributed by atoms with Crippen LogP contribution < -0.4 is 0 Å². The lowest BCUT2D eigenvalue weighted by atomic mass is 9.93. The number of rotatable bonds is 3. The fourth-order valence-electron chi connectivity index (χ4n) is 2.21. The minimum absolute atomic E-state index is 0.187. The van der Waals surface area contributed by atoms with Crippen molar-refractivity contribution in [2.24, 2.45) is 11.8 Å². The fraction of sp³-hybridized carbons (Fsp3) is 0.467. The second-order valence-electron chi connectivity index (χ2n) is 4.75. The maximum atomic E-state index is 6.04. The van der Waals surface area contributed by atoms with Crippen molar-refractivity contribution in [3.63, 3.8) is 0 Å². The van der Waals surface area contributed by atoms with Crippen LogP contribution in [-0.2, 0) is 9.47 Å². The standard InChI is InChI=1S/C15H20O2/c1-4-11(2)14-12(3)10-16-15(17-14)13-8-6-5-7-9-13/h4-9,11-12,14-15H,1,10H2,2-3H3/t11-,12-,14-,15+/m0/s1. The van der Waals surface area contributed by atoms with Gasteiger partial charge in [0.2, 0.25) is 0 Å². The smallest absolute Gasteiger partial charge is 0.184 e. The summed E-state index contributed by atoms with van der Waals surface area (Å²) in [6, 6.07) is 10.1. The molecule has 0 radical (unpaired) electrons. The van der Waals surface area contributed by atoms with E-state index in [4.69, 9.17) is 9.47 Å². The molecular formula is C15H20O2. The molecule has 0 saturated carbocycles. The lowest BCUT2D eigenvalue weighted by molar-refractivity contribution is -0.245. The van der Waals surface area contributed by atoms with Gasteiger partial charge in [0.1, 0.15) is 0 Å². The molecule has 1 aromatic carbocycles. The van der Waals surface area contributed by atoms with Gasteiger partial charge in [0.15, 0.2) is 6.29 Å². The summed E-state index contributed by atoms with van der Waals surface area (Å²) in [7, 11) is 0. The molecule has 2 rings (SSSR count). The van der Waals surface area contributed by atoms with Gasteiger partial charge in [-0.1, -0.05) is 50.3 Å². The van der Waals surface area contributed by atoms with E-state index in [9.17, 15) is 0 Å². The van der Waals surface area contributed by atoms with E-state index in [-0.39, 0.29) is 12.4 Å². The van der Waals surface area contributed by atoms with Crippen LogP contribution in [-0.4, -0.2) is 12.7 Å². The SMILES string of the molecule is C=C[C@H](C)[C@@H]1O[C@H](c2ccccc2)OC[C@@H]1C. The monoisotopic (exact) mass is 232 g/mol. The summed E-state index contributed by atoms with van der Waals surface area (Å²) in [5, 5.41) is 0. The summed E-state index contributed by atoms with van der Waals surface area (Å²) in [6.07, 6.45) is 1.90. The van der Waals surface area contributed by atoms with Crippen molar-refractivity contribution in [2.75, 3.05) is 6.61 Å². The van der Waals surface area contributed by atoms with Gasteiger partial charge in [-0.05, 0) is 0 Å². The first-order valence-electron chi connectivity index (χ1n) is 6.17. The molecule has 1 fully saturated rings. The van der Waals surface area contributed by atoms with Gasteiger partial charge in [0, 0.05) is 17.4 Å². The van der Waals surface area contributed by atoms with Crippen LogP contribution in [0.25, 0.3) is 0 Å². The lowest BCUT2D eigenvalue weighted by Crippen LogP contribution is -2.38. The number of benzene rings is 1. The molecule has 1 saturated heterocycles. The Morgan fingerprint density at radius 1 is 1.35 bits per heavy atom. The number of hydrogen-bond donors (Lipinski definition) is 0. The number of ether oxygens (including phenoxy) is 2. The van der Waals surface area contributed by atoms with Gasteiger partial charge in [-0.25, -0.2) is 0 Å². The van der Waals surface area contributed by atoms with Crippen molar-refractivity contribution in [1.29, 1.82) is 0 Å². The average molecular weight is 232 g/mol. The van der Waals surface area contributed by atoms with E-state index in [1.807, 2.05) is 36.4 Å². The predicted molar refractivity (Wildman–Crippen MR) is 68.5 cm³/mol. The fourth-order valence-corrected chi connectivity index (χ4v) is 2.21. The van der Waals surface area contributed by atoms with Gasteiger partial charge < -0.3 is 9.47 Å². The van der Waals surface area contributed by atoms with Crippen molar-refractivity contribution in [3.8, 4) is 0 Å². The minimum atomic E-state index is -0.236. The summed E-state index contributed by atoms with van der Waals surface area (Å²) in [6.45, 7) is 8.88. The molecule has 0 aliphatic carbocycles. The largest absolute Gasteiger partial charge is 0.348 e. The van der Waals surface area contributed by atoms with E-state index >= 15 is 0 Å².